The maximum atomic E-state index is 12.6. The summed E-state index contributed by atoms with van der Waals surface area (Å²) >= 11 is 0. The number of nitrogens with one attached hydrogen (secondary N) is 1. The summed E-state index contributed by atoms with van der Waals surface area (Å²) in [5.41, 5.74) is 9.68. The van der Waals surface area contributed by atoms with Crippen molar-refractivity contribution in [1.29, 1.82) is 0 Å². The normalized spacial score (nSPS) is 11.8. The van der Waals surface area contributed by atoms with E-state index in [1.807, 2.05) is 35.0 Å². The van der Waals surface area contributed by atoms with Crippen molar-refractivity contribution in [2.45, 2.75) is 38.8 Å². The van der Waals surface area contributed by atoms with Crippen LogP contribution in [0, 0.1) is 0 Å². The van der Waals surface area contributed by atoms with Gasteiger partial charge in [0.15, 0.2) is 5.76 Å². The van der Waals surface area contributed by atoms with Crippen molar-refractivity contribution >= 4 is 11.8 Å². The van der Waals surface area contributed by atoms with E-state index in [-0.39, 0.29) is 12.2 Å². The molecule has 2 aromatic heterocycles. The van der Waals surface area contributed by atoms with Crippen molar-refractivity contribution in [3.63, 3.8) is 0 Å². The molecule has 4 aromatic rings. The van der Waals surface area contributed by atoms with E-state index in [0.29, 0.717) is 11.3 Å². The van der Waals surface area contributed by atoms with Crippen molar-refractivity contribution in [3.8, 4) is 28.5 Å². The first-order valence-corrected chi connectivity index (χ1v) is 11.6. The van der Waals surface area contributed by atoms with Crippen LogP contribution in [0.2, 0.25) is 0 Å². The molecule has 0 aliphatic heterocycles. The molecule has 0 saturated heterocycles. The molecule has 0 aliphatic carbocycles. The molecule has 1 unspecified atom stereocenters. The van der Waals surface area contributed by atoms with Crippen molar-refractivity contribution in [2.24, 2.45) is 5.73 Å². The van der Waals surface area contributed by atoms with Crippen molar-refractivity contribution in [1.82, 2.24) is 15.1 Å². The Kier molecular flexibility index (Phi) is 7.42. The molecular formula is C27H28N4O4. The molecule has 0 aliphatic rings. The van der Waals surface area contributed by atoms with Gasteiger partial charge >= 0.3 is 0 Å². The highest BCUT2D eigenvalue weighted by Crippen LogP contribution is 2.27. The van der Waals surface area contributed by atoms with Crippen LogP contribution >= 0.6 is 0 Å². The van der Waals surface area contributed by atoms with Crippen LogP contribution in [0.4, 0.5) is 0 Å². The third kappa shape index (κ3) is 5.85. The lowest BCUT2D eigenvalue weighted by Crippen LogP contribution is -2.44. The molecule has 2 amide bonds. The summed E-state index contributed by atoms with van der Waals surface area (Å²) in [7, 11) is 0. The zero-order valence-corrected chi connectivity index (χ0v) is 19.5. The molecule has 8 heteroatoms. The van der Waals surface area contributed by atoms with Crippen LogP contribution in [-0.2, 0) is 17.8 Å². The summed E-state index contributed by atoms with van der Waals surface area (Å²) in [4.78, 5) is 25.0. The van der Waals surface area contributed by atoms with E-state index in [9.17, 15) is 14.7 Å². The highest BCUT2D eigenvalue weighted by molar-refractivity contribution is 6.06. The van der Waals surface area contributed by atoms with Gasteiger partial charge in [-0.2, -0.15) is 5.10 Å². The molecule has 180 valence electrons. The van der Waals surface area contributed by atoms with Crippen LogP contribution in [-0.4, -0.2) is 32.7 Å². The molecule has 2 aromatic carbocycles. The lowest BCUT2D eigenvalue weighted by molar-refractivity contribution is -0.121. The van der Waals surface area contributed by atoms with Gasteiger partial charge in [-0.3, -0.25) is 19.6 Å². The Labute approximate surface area is 203 Å². The molecule has 0 fully saturated rings. The Balaban J connectivity index is 1.45. The third-order valence-electron chi connectivity index (χ3n) is 5.69. The number of phenolic OH excluding ortho intramolecular Hbond substituents is 1. The lowest BCUT2D eigenvalue weighted by atomic mass is 10.1. The number of hydrogen-bond donors (Lipinski definition) is 3. The van der Waals surface area contributed by atoms with Crippen LogP contribution < -0.4 is 11.1 Å². The molecule has 0 bridgehead atoms. The second kappa shape index (κ2) is 10.8. The summed E-state index contributed by atoms with van der Waals surface area (Å²) in [6, 6.07) is 18.2. The molecule has 0 saturated carbocycles. The Morgan fingerprint density at radius 1 is 1.11 bits per heavy atom. The number of carbonyl (C=O) groups excluding carboxylic acids is 2. The minimum absolute atomic E-state index is 0.135. The molecule has 0 spiro atoms. The number of phenols is 1. The molecular weight excluding hydrogens is 444 g/mol. The van der Waals surface area contributed by atoms with Crippen LogP contribution in [0.1, 0.15) is 35.7 Å². The van der Waals surface area contributed by atoms with Crippen molar-refractivity contribution in [2.75, 3.05) is 0 Å². The van der Waals surface area contributed by atoms with E-state index in [2.05, 4.69) is 12.2 Å². The number of carbonyl (C=O) groups is 2. The van der Waals surface area contributed by atoms with Gasteiger partial charge in [-0.15, -0.1) is 0 Å². The van der Waals surface area contributed by atoms with Crippen LogP contribution in [0.25, 0.3) is 22.7 Å². The van der Waals surface area contributed by atoms with Crippen LogP contribution in [0.3, 0.4) is 0 Å². The van der Waals surface area contributed by atoms with Crippen molar-refractivity contribution < 1.29 is 19.1 Å². The van der Waals surface area contributed by atoms with E-state index in [0.717, 1.165) is 41.9 Å². The molecule has 1 atom stereocenters. The maximum Gasteiger partial charge on any atom is 0.257 e. The van der Waals surface area contributed by atoms with E-state index in [4.69, 9.17) is 15.2 Å². The number of unbranched alkanes of at least 4 members (excludes halogenated alkanes) is 1. The standard InChI is InChI=1S/C27H28N4O4/c1-2-3-14-31-24(17-23(30-31)25-5-4-15-35-25)19-8-10-20(11-9-19)26(33)29-27(34)22(28)16-18-6-12-21(32)13-7-18/h4-13,15,17,22,32H,2-3,14,16,28H2,1H3,(H,29,33,34). The smallest absolute Gasteiger partial charge is 0.257 e. The van der Waals surface area contributed by atoms with Gasteiger partial charge < -0.3 is 15.3 Å². The molecule has 8 nitrogen and oxygen atoms in total. The number of benzene rings is 2. The second-order valence-corrected chi connectivity index (χ2v) is 8.34. The number of nitrogens with two attached hydrogens (primary N) is 1. The summed E-state index contributed by atoms with van der Waals surface area (Å²) < 4.78 is 7.44. The summed E-state index contributed by atoms with van der Waals surface area (Å²) in [6.45, 7) is 2.89. The highest BCUT2D eigenvalue weighted by Gasteiger charge is 2.19. The third-order valence-corrected chi connectivity index (χ3v) is 5.69. The minimum Gasteiger partial charge on any atom is -0.508 e. The summed E-state index contributed by atoms with van der Waals surface area (Å²) in [5.74, 6) is -0.248. The van der Waals surface area contributed by atoms with Gasteiger partial charge in [-0.25, -0.2) is 0 Å². The van der Waals surface area contributed by atoms with E-state index in [1.54, 1.807) is 30.5 Å². The number of rotatable bonds is 9. The van der Waals surface area contributed by atoms with Gasteiger partial charge in [-0.05, 0) is 66.4 Å². The minimum atomic E-state index is -0.893. The van der Waals surface area contributed by atoms with Crippen LogP contribution in [0.5, 0.6) is 5.75 Å². The highest BCUT2D eigenvalue weighted by atomic mass is 16.3. The average Bonchev–Trinajstić information content (AvgIpc) is 3.54. The number of aromatic hydroxyl groups is 1. The van der Waals surface area contributed by atoms with Gasteiger partial charge in [-0.1, -0.05) is 37.6 Å². The van der Waals surface area contributed by atoms with Crippen LogP contribution in [0.15, 0.2) is 77.4 Å². The van der Waals surface area contributed by atoms with Crippen molar-refractivity contribution in [3.05, 3.63) is 84.1 Å². The van der Waals surface area contributed by atoms with E-state index < -0.39 is 17.9 Å². The molecule has 2 heterocycles. The van der Waals surface area contributed by atoms with Gasteiger partial charge in [0.05, 0.1) is 18.0 Å². The molecule has 4 rings (SSSR count). The topological polar surface area (TPSA) is 123 Å². The Bertz CT molecular complexity index is 1280. The molecule has 4 N–H and O–H groups in total. The van der Waals surface area contributed by atoms with Gasteiger partial charge in [0, 0.05) is 12.1 Å². The summed E-state index contributed by atoms with van der Waals surface area (Å²) in [6.07, 6.45) is 3.89. The van der Waals surface area contributed by atoms with Gasteiger partial charge in [0.25, 0.3) is 5.91 Å². The zero-order chi connectivity index (χ0) is 24.8. The number of nitrogens with zero attached hydrogens (tertiary/aromatic N) is 2. The largest absolute Gasteiger partial charge is 0.508 e. The molecule has 0 radical (unpaired) electrons. The SMILES string of the molecule is CCCCn1nc(-c2ccco2)cc1-c1ccc(C(=O)NC(=O)C(N)Cc2ccc(O)cc2)cc1. The lowest BCUT2D eigenvalue weighted by Gasteiger charge is -2.12. The first kappa shape index (κ1) is 24.0. The number of aromatic nitrogens is 2. The number of imide groups is 1. The Hall–Kier alpha value is -4.17. The number of amides is 2. The predicted molar refractivity (Wildman–Crippen MR) is 133 cm³/mol. The van der Waals surface area contributed by atoms with Gasteiger partial charge in [0.1, 0.15) is 11.4 Å². The van der Waals surface area contributed by atoms with Gasteiger partial charge in [0.2, 0.25) is 5.91 Å². The quantitative estimate of drug-likeness (QED) is 0.336. The number of aryl methyl sites for hydroxylation is 1. The summed E-state index contributed by atoms with van der Waals surface area (Å²) in [5, 5.41) is 16.4. The average molecular weight is 473 g/mol. The monoisotopic (exact) mass is 472 g/mol. The number of furan rings is 1. The first-order valence-electron chi connectivity index (χ1n) is 11.6. The predicted octanol–water partition coefficient (Wildman–Crippen LogP) is 4.14. The Morgan fingerprint density at radius 3 is 2.51 bits per heavy atom. The molecule has 35 heavy (non-hydrogen) atoms. The zero-order valence-electron chi connectivity index (χ0n) is 19.5. The van der Waals surface area contributed by atoms with E-state index in [1.165, 1.54) is 12.1 Å². The number of hydrogen-bond acceptors (Lipinski definition) is 6. The second-order valence-electron chi connectivity index (χ2n) is 8.34. The fraction of sp³-hybridized carbons (Fsp3) is 0.222. The fourth-order valence-electron chi connectivity index (χ4n) is 3.72. The fourth-order valence-corrected chi connectivity index (χ4v) is 3.72. The Morgan fingerprint density at radius 2 is 1.86 bits per heavy atom. The first-order chi connectivity index (χ1) is 16.9. The van der Waals surface area contributed by atoms with E-state index >= 15 is 0 Å². The maximum absolute atomic E-state index is 12.6.